The van der Waals surface area contributed by atoms with Gasteiger partial charge in [0.05, 0.1) is 7.11 Å². The van der Waals surface area contributed by atoms with Crippen LogP contribution in [0.25, 0.3) is 0 Å². The minimum atomic E-state index is 0. The first-order chi connectivity index (χ1) is 11.3. The molecule has 2 aliphatic rings. The highest BCUT2D eigenvalue weighted by Crippen LogP contribution is 2.29. The van der Waals surface area contributed by atoms with Crippen LogP contribution in [0, 0.1) is 11.8 Å². The van der Waals surface area contributed by atoms with Crippen LogP contribution in [0.3, 0.4) is 0 Å². The Bertz CT molecular complexity index is 524. The predicted molar refractivity (Wildman–Crippen MR) is 98.8 cm³/mol. The summed E-state index contributed by atoms with van der Waals surface area (Å²) in [6.07, 6.45) is 5.06. The Morgan fingerprint density at radius 2 is 2.04 bits per heavy atom. The van der Waals surface area contributed by atoms with Crippen LogP contribution in [0.15, 0.2) is 24.3 Å². The average Bonchev–Trinajstić information content (AvgIpc) is 3.14. The van der Waals surface area contributed by atoms with Crippen molar-refractivity contribution < 1.29 is 9.53 Å². The zero-order valence-electron chi connectivity index (χ0n) is 14.5. The predicted octanol–water partition coefficient (Wildman–Crippen LogP) is 2.90. The molecular formula is C19H29ClN2O2. The number of benzene rings is 1. The maximum Gasteiger partial charge on any atom is 0.222 e. The number of piperidine rings is 1. The normalized spacial score (nSPS) is 21.4. The van der Waals surface area contributed by atoms with Crippen LogP contribution in [0.2, 0.25) is 0 Å². The molecule has 0 radical (unpaired) electrons. The maximum absolute atomic E-state index is 12.4. The summed E-state index contributed by atoms with van der Waals surface area (Å²) < 4.78 is 5.24. The van der Waals surface area contributed by atoms with Gasteiger partial charge in [0.1, 0.15) is 5.75 Å². The monoisotopic (exact) mass is 352 g/mol. The van der Waals surface area contributed by atoms with Crippen molar-refractivity contribution in [3.8, 4) is 5.75 Å². The quantitative estimate of drug-likeness (QED) is 0.886. The molecule has 2 heterocycles. The molecule has 1 aromatic rings. The number of carbonyl (C=O) groups excluding carboxylic acids is 1. The molecule has 1 unspecified atom stereocenters. The fraction of sp³-hybridized carbons (Fsp3) is 0.632. The number of hydrogen-bond acceptors (Lipinski definition) is 3. The van der Waals surface area contributed by atoms with Crippen LogP contribution in [0.1, 0.15) is 31.2 Å². The van der Waals surface area contributed by atoms with E-state index in [0.717, 1.165) is 37.1 Å². The maximum atomic E-state index is 12.4. The average molecular weight is 353 g/mol. The molecule has 2 aliphatic heterocycles. The number of halogens is 1. The topological polar surface area (TPSA) is 41.6 Å². The Morgan fingerprint density at radius 1 is 1.25 bits per heavy atom. The molecule has 1 aromatic carbocycles. The van der Waals surface area contributed by atoms with E-state index >= 15 is 0 Å². The number of hydrogen-bond donors (Lipinski definition) is 1. The third-order valence-electron chi connectivity index (χ3n) is 5.42. The summed E-state index contributed by atoms with van der Waals surface area (Å²) in [6, 6.07) is 8.01. The number of rotatable bonds is 5. The first kappa shape index (κ1) is 19.1. The van der Waals surface area contributed by atoms with Crippen LogP contribution in [-0.2, 0) is 11.2 Å². The van der Waals surface area contributed by atoms with Crippen molar-refractivity contribution in [3.63, 3.8) is 0 Å². The lowest BCUT2D eigenvalue weighted by atomic mass is 9.83. The van der Waals surface area contributed by atoms with E-state index in [1.54, 1.807) is 7.11 Å². The van der Waals surface area contributed by atoms with Gasteiger partial charge in [0.15, 0.2) is 0 Å². The summed E-state index contributed by atoms with van der Waals surface area (Å²) in [6.45, 7) is 4.23. The molecule has 3 rings (SSSR count). The van der Waals surface area contributed by atoms with Crippen molar-refractivity contribution in [2.75, 3.05) is 33.3 Å². The van der Waals surface area contributed by atoms with Gasteiger partial charge < -0.3 is 15.0 Å². The lowest BCUT2D eigenvalue weighted by Crippen LogP contribution is -2.40. The molecule has 1 amide bonds. The third-order valence-corrected chi connectivity index (χ3v) is 5.42. The van der Waals surface area contributed by atoms with Gasteiger partial charge in [0.25, 0.3) is 0 Å². The smallest absolute Gasteiger partial charge is 0.222 e. The summed E-state index contributed by atoms with van der Waals surface area (Å²) in [5.74, 6) is 2.81. The summed E-state index contributed by atoms with van der Waals surface area (Å²) in [4.78, 5) is 14.5. The van der Waals surface area contributed by atoms with Crippen molar-refractivity contribution in [1.29, 1.82) is 0 Å². The van der Waals surface area contributed by atoms with Gasteiger partial charge in [-0.05, 0) is 68.3 Å². The molecule has 5 heteroatoms. The number of nitrogens with one attached hydrogen (secondary N) is 1. The molecule has 1 N–H and O–H groups in total. The van der Waals surface area contributed by atoms with Crippen molar-refractivity contribution in [1.82, 2.24) is 10.2 Å². The van der Waals surface area contributed by atoms with E-state index in [1.807, 2.05) is 18.2 Å². The standard InChI is InChI=1S/C19H28N2O2.ClH/c1-23-18-4-2-3-15(13-18)5-6-19(22)21-11-8-16(9-12-21)17-7-10-20-14-17;/h2-4,13,16-17,20H,5-12,14H2,1H3;1H. The van der Waals surface area contributed by atoms with E-state index in [-0.39, 0.29) is 12.4 Å². The molecule has 0 aliphatic carbocycles. The molecule has 24 heavy (non-hydrogen) atoms. The van der Waals surface area contributed by atoms with Gasteiger partial charge in [-0.2, -0.15) is 0 Å². The van der Waals surface area contributed by atoms with Crippen LogP contribution in [-0.4, -0.2) is 44.1 Å². The van der Waals surface area contributed by atoms with Crippen molar-refractivity contribution in [2.45, 2.75) is 32.1 Å². The Balaban J connectivity index is 0.00000208. The summed E-state index contributed by atoms with van der Waals surface area (Å²) >= 11 is 0. The highest BCUT2D eigenvalue weighted by Gasteiger charge is 2.29. The molecule has 2 saturated heterocycles. The fourth-order valence-electron chi connectivity index (χ4n) is 3.94. The molecule has 0 aromatic heterocycles. The Hall–Kier alpha value is -1.26. The second kappa shape index (κ2) is 9.28. The van der Waals surface area contributed by atoms with Gasteiger partial charge >= 0.3 is 0 Å². The summed E-state index contributed by atoms with van der Waals surface area (Å²) in [5.41, 5.74) is 1.17. The van der Waals surface area contributed by atoms with Gasteiger partial charge in [0.2, 0.25) is 5.91 Å². The molecule has 134 valence electrons. The van der Waals surface area contributed by atoms with Crippen molar-refractivity contribution in [2.24, 2.45) is 11.8 Å². The minimum Gasteiger partial charge on any atom is -0.497 e. The van der Waals surface area contributed by atoms with E-state index in [2.05, 4.69) is 16.3 Å². The third kappa shape index (κ3) is 4.87. The van der Waals surface area contributed by atoms with Crippen LogP contribution in [0.5, 0.6) is 5.75 Å². The van der Waals surface area contributed by atoms with Crippen molar-refractivity contribution in [3.05, 3.63) is 29.8 Å². The first-order valence-electron chi connectivity index (χ1n) is 8.87. The summed E-state index contributed by atoms with van der Waals surface area (Å²) in [7, 11) is 1.67. The largest absolute Gasteiger partial charge is 0.497 e. The molecule has 2 fully saturated rings. The number of nitrogens with zero attached hydrogens (tertiary/aromatic N) is 1. The number of carbonyl (C=O) groups is 1. The number of aryl methyl sites for hydroxylation is 1. The van der Waals surface area contributed by atoms with E-state index in [0.29, 0.717) is 12.3 Å². The Labute approximate surface area is 151 Å². The second-order valence-electron chi connectivity index (χ2n) is 6.82. The second-order valence-corrected chi connectivity index (χ2v) is 6.82. The lowest BCUT2D eigenvalue weighted by molar-refractivity contribution is -0.132. The number of ether oxygens (including phenoxy) is 1. The van der Waals surface area contributed by atoms with E-state index in [9.17, 15) is 4.79 Å². The van der Waals surface area contributed by atoms with Gasteiger partial charge in [-0.15, -0.1) is 12.4 Å². The van der Waals surface area contributed by atoms with Crippen LogP contribution in [0.4, 0.5) is 0 Å². The fourth-order valence-corrected chi connectivity index (χ4v) is 3.94. The molecule has 4 nitrogen and oxygen atoms in total. The zero-order valence-corrected chi connectivity index (χ0v) is 15.3. The van der Waals surface area contributed by atoms with E-state index < -0.39 is 0 Å². The van der Waals surface area contributed by atoms with Crippen LogP contribution >= 0.6 is 12.4 Å². The number of amides is 1. The van der Waals surface area contributed by atoms with Crippen molar-refractivity contribution >= 4 is 18.3 Å². The van der Waals surface area contributed by atoms with Gasteiger partial charge in [-0.1, -0.05) is 12.1 Å². The van der Waals surface area contributed by atoms with Gasteiger partial charge in [-0.25, -0.2) is 0 Å². The Morgan fingerprint density at radius 3 is 2.71 bits per heavy atom. The van der Waals surface area contributed by atoms with Crippen LogP contribution < -0.4 is 10.1 Å². The molecule has 0 spiro atoms. The first-order valence-corrected chi connectivity index (χ1v) is 8.87. The number of methoxy groups -OCH3 is 1. The SMILES string of the molecule is COc1cccc(CCC(=O)N2CCC(C3CCNC3)CC2)c1.Cl. The minimum absolute atomic E-state index is 0. The summed E-state index contributed by atoms with van der Waals surface area (Å²) in [5, 5.41) is 3.46. The van der Waals surface area contributed by atoms with Gasteiger partial charge in [-0.3, -0.25) is 4.79 Å². The molecule has 0 saturated carbocycles. The zero-order chi connectivity index (χ0) is 16.1. The molecule has 1 atom stereocenters. The number of likely N-dealkylation sites (tertiary alicyclic amines) is 1. The van der Waals surface area contributed by atoms with Gasteiger partial charge in [0, 0.05) is 19.5 Å². The lowest BCUT2D eigenvalue weighted by Gasteiger charge is -2.34. The molecule has 0 bridgehead atoms. The Kier molecular flexibility index (Phi) is 7.38. The highest BCUT2D eigenvalue weighted by atomic mass is 35.5. The van der Waals surface area contributed by atoms with E-state index in [4.69, 9.17) is 4.74 Å². The van der Waals surface area contributed by atoms with E-state index in [1.165, 1.54) is 37.9 Å². The molecular weight excluding hydrogens is 324 g/mol. The highest BCUT2D eigenvalue weighted by molar-refractivity contribution is 5.85.